The van der Waals surface area contributed by atoms with Gasteiger partial charge in [-0.25, -0.2) is 0 Å². The number of aromatic amines is 1. The Kier molecular flexibility index (Phi) is 4.59. The van der Waals surface area contributed by atoms with Gasteiger partial charge < -0.3 is 15.2 Å². The van der Waals surface area contributed by atoms with Gasteiger partial charge in [-0.3, -0.25) is 14.4 Å². The van der Waals surface area contributed by atoms with Crippen LogP contribution in [0.15, 0.2) is 21.7 Å². The molecule has 2 heterocycles. The van der Waals surface area contributed by atoms with Crippen molar-refractivity contribution in [3.05, 3.63) is 27.1 Å². The zero-order valence-corrected chi connectivity index (χ0v) is 12.7. The molecule has 0 bridgehead atoms. The van der Waals surface area contributed by atoms with Crippen molar-refractivity contribution in [1.82, 2.24) is 9.88 Å². The Labute approximate surface area is 124 Å². The summed E-state index contributed by atoms with van der Waals surface area (Å²) < 4.78 is 0.300. The van der Waals surface area contributed by atoms with E-state index in [1.54, 1.807) is 0 Å². The summed E-state index contributed by atoms with van der Waals surface area (Å²) >= 11 is 3.07. The molecule has 0 aromatic carbocycles. The smallest absolute Gasteiger partial charge is 0.314 e. The van der Waals surface area contributed by atoms with Crippen LogP contribution in [0.4, 0.5) is 5.69 Å². The Morgan fingerprint density at radius 2 is 2.20 bits per heavy atom. The van der Waals surface area contributed by atoms with Crippen molar-refractivity contribution in [3.8, 4) is 0 Å². The highest BCUT2D eigenvalue weighted by Gasteiger charge is 2.26. The van der Waals surface area contributed by atoms with Crippen molar-refractivity contribution in [2.24, 2.45) is 5.92 Å². The number of anilines is 1. The fourth-order valence-corrected chi connectivity index (χ4v) is 2.59. The largest absolute Gasteiger partial charge is 0.365 e. The van der Waals surface area contributed by atoms with Crippen molar-refractivity contribution in [2.45, 2.75) is 19.8 Å². The van der Waals surface area contributed by atoms with Crippen LogP contribution in [0, 0.1) is 5.92 Å². The molecule has 1 unspecified atom stereocenters. The van der Waals surface area contributed by atoms with Crippen molar-refractivity contribution in [2.75, 3.05) is 18.4 Å². The minimum absolute atomic E-state index is 0.0581. The van der Waals surface area contributed by atoms with Gasteiger partial charge in [-0.2, -0.15) is 0 Å². The van der Waals surface area contributed by atoms with E-state index in [9.17, 15) is 14.4 Å². The molecule has 20 heavy (non-hydrogen) atoms. The average molecular weight is 342 g/mol. The summed E-state index contributed by atoms with van der Waals surface area (Å²) in [7, 11) is 0. The number of aromatic nitrogens is 1. The van der Waals surface area contributed by atoms with E-state index < -0.39 is 11.8 Å². The lowest BCUT2D eigenvalue weighted by Crippen LogP contribution is -2.45. The van der Waals surface area contributed by atoms with Gasteiger partial charge in [0.15, 0.2) is 0 Å². The molecule has 2 amide bonds. The molecule has 0 aliphatic carbocycles. The van der Waals surface area contributed by atoms with Crippen LogP contribution in [0.2, 0.25) is 0 Å². The van der Waals surface area contributed by atoms with Gasteiger partial charge in [-0.05, 0) is 34.7 Å². The number of nitrogens with zero attached hydrogens (tertiary/aromatic N) is 1. The minimum atomic E-state index is -0.775. The van der Waals surface area contributed by atoms with E-state index >= 15 is 0 Å². The quantitative estimate of drug-likeness (QED) is 0.756. The maximum Gasteiger partial charge on any atom is 0.314 e. The van der Waals surface area contributed by atoms with Gasteiger partial charge in [0.25, 0.3) is 0 Å². The first kappa shape index (κ1) is 14.8. The SMILES string of the molecule is CC1CCCN(C(=O)C(=O)Nc2c[nH]cc(Br)c2=O)C1. The first-order chi connectivity index (χ1) is 9.49. The van der Waals surface area contributed by atoms with Crippen molar-refractivity contribution >= 4 is 33.4 Å². The van der Waals surface area contributed by atoms with Gasteiger partial charge in [0.1, 0.15) is 5.69 Å². The molecule has 1 aromatic rings. The number of piperidine rings is 1. The maximum absolute atomic E-state index is 12.0. The van der Waals surface area contributed by atoms with Gasteiger partial charge in [0, 0.05) is 25.5 Å². The molecule has 1 aliphatic rings. The number of carbonyl (C=O) groups is 2. The second-order valence-electron chi connectivity index (χ2n) is 5.00. The number of amides is 2. The summed E-state index contributed by atoms with van der Waals surface area (Å²) in [6, 6.07) is 0. The number of halogens is 1. The molecular formula is C13H16BrN3O3. The first-order valence-corrected chi connectivity index (χ1v) is 7.25. The van der Waals surface area contributed by atoms with E-state index in [0.717, 1.165) is 12.8 Å². The number of rotatable bonds is 1. The van der Waals surface area contributed by atoms with Crippen molar-refractivity contribution < 1.29 is 9.59 Å². The molecular weight excluding hydrogens is 326 g/mol. The highest BCUT2D eigenvalue weighted by molar-refractivity contribution is 9.10. The minimum Gasteiger partial charge on any atom is -0.365 e. The van der Waals surface area contributed by atoms with E-state index in [0.29, 0.717) is 23.5 Å². The third-order valence-electron chi connectivity index (χ3n) is 3.29. The molecule has 2 N–H and O–H groups in total. The number of H-pyrrole nitrogens is 1. The van der Waals surface area contributed by atoms with Crippen LogP contribution in [-0.2, 0) is 9.59 Å². The predicted molar refractivity (Wildman–Crippen MR) is 78.4 cm³/mol. The molecule has 1 saturated heterocycles. The number of nitrogens with one attached hydrogen (secondary N) is 2. The number of carbonyl (C=O) groups excluding carboxylic acids is 2. The zero-order chi connectivity index (χ0) is 14.7. The Morgan fingerprint density at radius 3 is 2.90 bits per heavy atom. The van der Waals surface area contributed by atoms with Crippen LogP contribution in [0.1, 0.15) is 19.8 Å². The maximum atomic E-state index is 12.0. The Balaban J connectivity index is 2.06. The van der Waals surface area contributed by atoms with E-state index in [2.05, 4.69) is 33.2 Å². The van der Waals surface area contributed by atoms with E-state index in [1.165, 1.54) is 17.3 Å². The summed E-state index contributed by atoms with van der Waals surface area (Å²) in [5.41, 5.74) is -0.306. The number of hydrogen-bond donors (Lipinski definition) is 2. The fourth-order valence-electron chi connectivity index (χ4n) is 2.24. The van der Waals surface area contributed by atoms with Crippen LogP contribution < -0.4 is 10.7 Å². The second-order valence-corrected chi connectivity index (χ2v) is 5.85. The van der Waals surface area contributed by atoms with Crippen LogP contribution in [0.3, 0.4) is 0 Å². The third kappa shape index (κ3) is 3.27. The average Bonchev–Trinajstić information content (AvgIpc) is 2.43. The van der Waals surface area contributed by atoms with E-state index in [4.69, 9.17) is 0 Å². The number of likely N-dealkylation sites (tertiary alicyclic amines) is 1. The molecule has 1 aromatic heterocycles. The lowest BCUT2D eigenvalue weighted by atomic mass is 10.0. The molecule has 1 aliphatic heterocycles. The lowest BCUT2D eigenvalue weighted by molar-refractivity contribution is -0.144. The highest BCUT2D eigenvalue weighted by Crippen LogP contribution is 2.15. The van der Waals surface area contributed by atoms with Gasteiger partial charge >= 0.3 is 11.8 Å². The molecule has 7 heteroatoms. The fraction of sp³-hybridized carbons (Fsp3) is 0.462. The normalized spacial score (nSPS) is 18.7. The van der Waals surface area contributed by atoms with Crippen LogP contribution in [0.25, 0.3) is 0 Å². The third-order valence-corrected chi connectivity index (χ3v) is 3.87. The first-order valence-electron chi connectivity index (χ1n) is 6.46. The summed E-state index contributed by atoms with van der Waals surface area (Å²) in [5.74, 6) is -0.964. The van der Waals surface area contributed by atoms with Crippen molar-refractivity contribution in [3.63, 3.8) is 0 Å². The zero-order valence-electron chi connectivity index (χ0n) is 11.1. The van der Waals surface area contributed by atoms with Crippen LogP contribution >= 0.6 is 15.9 Å². The number of hydrogen-bond acceptors (Lipinski definition) is 3. The Morgan fingerprint density at radius 1 is 1.45 bits per heavy atom. The molecule has 2 rings (SSSR count). The predicted octanol–water partition coefficient (Wildman–Crippen LogP) is 1.33. The van der Waals surface area contributed by atoms with E-state index in [-0.39, 0.29) is 11.1 Å². The molecule has 6 nitrogen and oxygen atoms in total. The number of pyridine rings is 1. The monoisotopic (exact) mass is 341 g/mol. The summed E-state index contributed by atoms with van der Waals surface area (Å²) in [6.07, 6.45) is 4.79. The van der Waals surface area contributed by atoms with Crippen molar-refractivity contribution in [1.29, 1.82) is 0 Å². The Bertz CT molecular complexity index is 584. The topological polar surface area (TPSA) is 82.3 Å². The summed E-state index contributed by atoms with van der Waals surface area (Å²) in [5, 5.41) is 2.36. The molecule has 108 valence electrons. The molecule has 0 saturated carbocycles. The lowest BCUT2D eigenvalue weighted by Gasteiger charge is -2.30. The van der Waals surface area contributed by atoms with Gasteiger partial charge in [-0.15, -0.1) is 0 Å². The molecule has 0 spiro atoms. The van der Waals surface area contributed by atoms with Crippen LogP contribution in [0.5, 0.6) is 0 Å². The van der Waals surface area contributed by atoms with Gasteiger partial charge in [0.2, 0.25) is 5.43 Å². The highest BCUT2D eigenvalue weighted by atomic mass is 79.9. The Hall–Kier alpha value is -1.63. The second kappa shape index (κ2) is 6.21. The summed E-state index contributed by atoms with van der Waals surface area (Å²) in [4.78, 5) is 39.9. The summed E-state index contributed by atoms with van der Waals surface area (Å²) in [6.45, 7) is 3.23. The molecule has 1 atom stereocenters. The van der Waals surface area contributed by atoms with Gasteiger partial charge in [0.05, 0.1) is 4.47 Å². The van der Waals surface area contributed by atoms with E-state index in [1.807, 2.05) is 0 Å². The molecule has 0 radical (unpaired) electrons. The van der Waals surface area contributed by atoms with Gasteiger partial charge in [-0.1, -0.05) is 6.92 Å². The van der Waals surface area contributed by atoms with Crippen LogP contribution in [-0.4, -0.2) is 34.8 Å². The molecule has 1 fully saturated rings. The standard InChI is InChI=1S/C13H16BrN3O3/c1-8-3-2-4-17(7-8)13(20)12(19)16-10-6-15-5-9(14)11(10)18/h5-6,8H,2-4,7H2,1H3,(H,15,18)(H,16,19).